The fourth-order valence-corrected chi connectivity index (χ4v) is 2.38. The first-order valence-corrected chi connectivity index (χ1v) is 6.23. The van der Waals surface area contributed by atoms with Gasteiger partial charge in [0, 0.05) is 50.4 Å². The van der Waals surface area contributed by atoms with Crippen LogP contribution in [0.15, 0.2) is 18.2 Å². The van der Waals surface area contributed by atoms with Crippen LogP contribution >= 0.6 is 0 Å². The first-order valence-electron chi connectivity index (χ1n) is 6.23. The van der Waals surface area contributed by atoms with Gasteiger partial charge in [-0.15, -0.1) is 0 Å². The Hall–Kier alpha value is -1.30. The van der Waals surface area contributed by atoms with Crippen molar-refractivity contribution in [1.29, 1.82) is 0 Å². The second kappa shape index (κ2) is 5.56. The molecule has 5 heteroatoms. The maximum atomic E-state index is 9.80. The summed E-state index contributed by atoms with van der Waals surface area (Å²) < 4.78 is 0. The maximum absolute atomic E-state index is 9.80. The molecule has 5 nitrogen and oxygen atoms in total. The number of benzene rings is 1. The molecule has 1 atom stereocenters. The number of nitrogens with zero attached hydrogens (tertiary/aromatic N) is 2. The second-order valence-corrected chi connectivity index (χ2v) is 4.94. The van der Waals surface area contributed by atoms with Crippen LogP contribution in [0, 0.1) is 0 Å². The van der Waals surface area contributed by atoms with Gasteiger partial charge in [-0.05, 0) is 13.1 Å². The molecule has 0 amide bonds. The molecule has 0 bridgehead atoms. The van der Waals surface area contributed by atoms with Crippen LogP contribution in [0.3, 0.4) is 0 Å². The van der Waals surface area contributed by atoms with Gasteiger partial charge in [-0.25, -0.2) is 0 Å². The third kappa shape index (κ3) is 2.93. The van der Waals surface area contributed by atoms with Crippen molar-refractivity contribution in [2.75, 3.05) is 33.2 Å². The van der Waals surface area contributed by atoms with Gasteiger partial charge in [-0.2, -0.15) is 0 Å². The smallest absolute Gasteiger partial charge is 0.123 e. The molecule has 4 N–H and O–H groups in total. The van der Waals surface area contributed by atoms with Gasteiger partial charge < -0.3 is 20.8 Å². The lowest BCUT2D eigenvalue weighted by Gasteiger charge is -2.39. The zero-order chi connectivity index (χ0) is 13.1. The van der Waals surface area contributed by atoms with E-state index in [4.69, 9.17) is 5.73 Å². The van der Waals surface area contributed by atoms with Crippen molar-refractivity contribution in [2.24, 2.45) is 5.73 Å². The third-order valence-corrected chi connectivity index (χ3v) is 3.52. The molecule has 1 aromatic carbocycles. The standard InChI is InChI=1S/C13H21N3O2/c1-15-4-5-16(11(7-14)9-15)8-10-2-3-12(17)6-13(10)18/h2-3,6,11,17-18H,4-5,7-9,14H2,1H3. The summed E-state index contributed by atoms with van der Waals surface area (Å²) in [6.45, 7) is 4.19. The van der Waals surface area contributed by atoms with Crippen molar-refractivity contribution >= 4 is 0 Å². The molecule has 0 radical (unpaired) electrons. The van der Waals surface area contributed by atoms with Crippen molar-refractivity contribution in [3.63, 3.8) is 0 Å². The molecular weight excluding hydrogens is 230 g/mol. The van der Waals surface area contributed by atoms with E-state index in [1.165, 1.54) is 6.07 Å². The minimum atomic E-state index is 0.0880. The highest BCUT2D eigenvalue weighted by Crippen LogP contribution is 2.25. The Kier molecular flexibility index (Phi) is 4.06. The Balaban J connectivity index is 2.07. The minimum absolute atomic E-state index is 0.0880. The number of aromatic hydroxyl groups is 2. The number of hydrogen-bond acceptors (Lipinski definition) is 5. The van der Waals surface area contributed by atoms with Crippen molar-refractivity contribution < 1.29 is 10.2 Å². The minimum Gasteiger partial charge on any atom is -0.508 e. The first kappa shape index (κ1) is 13.1. The van der Waals surface area contributed by atoms with E-state index >= 15 is 0 Å². The van der Waals surface area contributed by atoms with E-state index in [0.717, 1.165) is 25.2 Å². The van der Waals surface area contributed by atoms with Crippen molar-refractivity contribution in [2.45, 2.75) is 12.6 Å². The second-order valence-electron chi connectivity index (χ2n) is 4.94. The molecule has 1 fully saturated rings. The predicted octanol–water partition coefficient (Wildman–Crippen LogP) is 0.172. The number of rotatable bonds is 3. The summed E-state index contributed by atoms with van der Waals surface area (Å²) in [5.74, 6) is 0.231. The van der Waals surface area contributed by atoms with E-state index in [-0.39, 0.29) is 11.5 Å². The van der Waals surface area contributed by atoms with Crippen molar-refractivity contribution in [3.8, 4) is 11.5 Å². The Morgan fingerprint density at radius 3 is 2.78 bits per heavy atom. The van der Waals surface area contributed by atoms with E-state index in [0.29, 0.717) is 19.1 Å². The molecule has 1 aromatic rings. The zero-order valence-electron chi connectivity index (χ0n) is 10.7. The number of piperazine rings is 1. The van der Waals surface area contributed by atoms with Gasteiger partial charge in [-0.1, -0.05) is 6.07 Å². The molecule has 0 spiro atoms. The van der Waals surface area contributed by atoms with Crippen LogP contribution in [0.25, 0.3) is 0 Å². The number of nitrogens with two attached hydrogens (primary N) is 1. The van der Waals surface area contributed by atoms with E-state index in [1.807, 2.05) is 0 Å². The number of hydrogen-bond donors (Lipinski definition) is 3. The summed E-state index contributed by atoms with van der Waals surface area (Å²) in [7, 11) is 2.10. The molecule has 100 valence electrons. The van der Waals surface area contributed by atoms with Gasteiger partial charge in [0.05, 0.1) is 0 Å². The lowest BCUT2D eigenvalue weighted by Crippen LogP contribution is -2.54. The summed E-state index contributed by atoms with van der Waals surface area (Å²) in [5.41, 5.74) is 6.63. The van der Waals surface area contributed by atoms with Gasteiger partial charge in [0.2, 0.25) is 0 Å². The van der Waals surface area contributed by atoms with E-state index in [9.17, 15) is 10.2 Å². The average Bonchev–Trinajstić information content (AvgIpc) is 2.34. The highest BCUT2D eigenvalue weighted by Gasteiger charge is 2.24. The molecular formula is C13H21N3O2. The van der Waals surface area contributed by atoms with Crippen molar-refractivity contribution in [1.82, 2.24) is 9.80 Å². The summed E-state index contributed by atoms with van der Waals surface area (Å²) in [6.07, 6.45) is 0. The molecule has 1 aliphatic heterocycles. The molecule has 1 unspecified atom stereocenters. The predicted molar refractivity (Wildman–Crippen MR) is 70.5 cm³/mol. The Bertz CT molecular complexity index is 411. The Labute approximate surface area is 107 Å². The van der Waals surface area contributed by atoms with Crippen LogP contribution in [-0.4, -0.2) is 59.3 Å². The summed E-state index contributed by atoms with van der Waals surface area (Å²) in [5, 5.41) is 19.1. The SMILES string of the molecule is CN1CCN(Cc2ccc(O)cc2O)C(CN)C1. The average molecular weight is 251 g/mol. The van der Waals surface area contributed by atoms with Gasteiger partial charge >= 0.3 is 0 Å². The van der Waals surface area contributed by atoms with Gasteiger partial charge in [0.15, 0.2) is 0 Å². The molecule has 2 rings (SSSR count). The maximum Gasteiger partial charge on any atom is 0.123 e. The Morgan fingerprint density at radius 2 is 2.11 bits per heavy atom. The third-order valence-electron chi connectivity index (χ3n) is 3.52. The Morgan fingerprint density at radius 1 is 1.33 bits per heavy atom. The number of phenolic OH excluding ortho intramolecular Hbond substituents is 2. The molecule has 1 aliphatic rings. The molecule has 1 saturated heterocycles. The van der Waals surface area contributed by atoms with Crippen LogP contribution in [0.4, 0.5) is 0 Å². The molecule has 18 heavy (non-hydrogen) atoms. The normalized spacial score (nSPS) is 22.2. The first-order chi connectivity index (χ1) is 8.60. The number of phenols is 2. The van der Waals surface area contributed by atoms with Gasteiger partial charge in [-0.3, -0.25) is 4.90 Å². The molecule has 0 aliphatic carbocycles. The summed E-state index contributed by atoms with van der Waals surface area (Å²) in [6, 6.07) is 5.05. The van der Waals surface area contributed by atoms with Crippen LogP contribution in [0.5, 0.6) is 11.5 Å². The molecule has 1 heterocycles. The van der Waals surface area contributed by atoms with E-state index < -0.39 is 0 Å². The zero-order valence-corrected chi connectivity index (χ0v) is 10.7. The fourth-order valence-electron chi connectivity index (χ4n) is 2.38. The van der Waals surface area contributed by atoms with Crippen LogP contribution < -0.4 is 5.73 Å². The highest BCUT2D eigenvalue weighted by molar-refractivity contribution is 5.38. The van der Waals surface area contributed by atoms with Crippen LogP contribution in [0.2, 0.25) is 0 Å². The van der Waals surface area contributed by atoms with E-state index in [2.05, 4.69) is 16.8 Å². The quantitative estimate of drug-likeness (QED) is 0.714. The fraction of sp³-hybridized carbons (Fsp3) is 0.538. The largest absolute Gasteiger partial charge is 0.508 e. The van der Waals surface area contributed by atoms with Crippen LogP contribution in [-0.2, 0) is 6.54 Å². The monoisotopic (exact) mass is 251 g/mol. The molecule has 0 saturated carbocycles. The van der Waals surface area contributed by atoms with Crippen molar-refractivity contribution in [3.05, 3.63) is 23.8 Å². The highest BCUT2D eigenvalue weighted by atomic mass is 16.3. The molecule has 0 aromatic heterocycles. The van der Waals surface area contributed by atoms with Crippen LogP contribution in [0.1, 0.15) is 5.56 Å². The number of likely N-dealkylation sites (N-methyl/N-ethyl adjacent to an activating group) is 1. The topological polar surface area (TPSA) is 73.0 Å². The van der Waals surface area contributed by atoms with Gasteiger partial charge in [0.1, 0.15) is 11.5 Å². The van der Waals surface area contributed by atoms with Gasteiger partial charge in [0.25, 0.3) is 0 Å². The van der Waals surface area contributed by atoms with E-state index in [1.54, 1.807) is 12.1 Å². The lowest BCUT2D eigenvalue weighted by molar-refractivity contribution is 0.0874. The summed E-state index contributed by atoms with van der Waals surface area (Å²) >= 11 is 0. The summed E-state index contributed by atoms with van der Waals surface area (Å²) in [4.78, 5) is 4.55. The lowest BCUT2D eigenvalue weighted by atomic mass is 10.1.